The minimum absolute atomic E-state index is 0.155. The van der Waals surface area contributed by atoms with Gasteiger partial charge >= 0.3 is 0 Å². The maximum atomic E-state index is 9.55. The zero-order chi connectivity index (χ0) is 24.5. The minimum atomic E-state index is 0.155. The molecule has 0 saturated heterocycles. The lowest BCUT2D eigenvalue weighted by Crippen LogP contribution is -2.07. The Morgan fingerprint density at radius 1 is 0.794 bits per heavy atom. The molecule has 0 heterocycles. The van der Waals surface area contributed by atoms with Gasteiger partial charge in [-0.1, -0.05) is 60.7 Å². The Morgan fingerprint density at radius 3 is 1.53 bits per heavy atom. The maximum absolute atomic E-state index is 9.55. The normalized spacial score (nSPS) is 15.8. The van der Waals surface area contributed by atoms with E-state index in [9.17, 15) is 5.26 Å². The summed E-state index contributed by atoms with van der Waals surface area (Å²) in [4.78, 5) is 7.64. The van der Waals surface area contributed by atoms with Crippen LogP contribution in [0.5, 0.6) is 0 Å². The maximum Gasteiger partial charge on any atom is 0.269 e. The summed E-state index contributed by atoms with van der Waals surface area (Å²) in [6, 6.07) is 18.8. The van der Waals surface area contributed by atoms with Gasteiger partial charge in [0.25, 0.3) is 5.70 Å². The summed E-state index contributed by atoms with van der Waals surface area (Å²) in [6.07, 6.45) is 13.8. The number of nitrogens with zero attached hydrogens (tertiary/aromatic N) is 4. The van der Waals surface area contributed by atoms with Gasteiger partial charge in [0, 0.05) is 39.6 Å². The Labute approximate surface area is 203 Å². The van der Waals surface area contributed by atoms with Crippen molar-refractivity contribution in [2.45, 2.75) is 12.8 Å². The molecule has 4 nitrogen and oxygen atoms in total. The third-order valence-corrected chi connectivity index (χ3v) is 5.75. The fraction of sp³-hybridized carbons (Fsp3) is 0.200. The molecule has 4 heteroatoms. The second-order valence-electron chi connectivity index (χ2n) is 8.52. The highest BCUT2D eigenvalue weighted by Crippen LogP contribution is 2.38. The number of benzene rings is 2. The van der Waals surface area contributed by atoms with E-state index in [-0.39, 0.29) is 5.70 Å². The predicted octanol–water partition coefficient (Wildman–Crippen LogP) is 6.89. The van der Waals surface area contributed by atoms with Crippen molar-refractivity contribution in [3.8, 4) is 6.07 Å². The molecule has 3 rings (SSSR count). The van der Waals surface area contributed by atoms with E-state index in [1.165, 1.54) is 0 Å². The van der Waals surface area contributed by atoms with Crippen molar-refractivity contribution in [2.24, 2.45) is 0 Å². The summed E-state index contributed by atoms with van der Waals surface area (Å²) in [7, 11) is 8.09. The van der Waals surface area contributed by atoms with E-state index in [0.717, 1.165) is 52.1 Å². The average Bonchev–Trinajstić information content (AvgIpc) is 3.23. The van der Waals surface area contributed by atoms with Crippen LogP contribution in [0.2, 0.25) is 0 Å². The molecule has 34 heavy (non-hydrogen) atoms. The summed E-state index contributed by atoms with van der Waals surface area (Å²) in [5.41, 5.74) is 7.52. The zero-order valence-corrected chi connectivity index (χ0v) is 20.3. The van der Waals surface area contributed by atoms with Gasteiger partial charge < -0.3 is 9.80 Å². The first-order valence-corrected chi connectivity index (χ1v) is 11.2. The number of anilines is 2. The number of hydrogen-bond donors (Lipinski definition) is 0. The molecule has 1 aliphatic rings. The molecule has 0 radical (unpaired) electrons. The van der Waals surface area contributed by atoms with Crippen LogP contribution in [0.1, 0.15) is 24.0 Å². The van der Waals surface area contributed by atoms with Gasteiger partial charge in [0.1, 0.15) is 0 Å². The van der Waals surface area contributed by atoms with E-state index in [4.69, 9.17) is 6.57 Å². The summed E-state index contributed by atoms with van der Waals surface area (Å²) < 4.78 is 0. The van der Waals surface area contributed by atoms with Crippen LogP contribution in [-0.4, -0.2) is 28.2 Å². The molecule has 1 aliphatic carbocycles. The lowest BCUT2D eigenvalue weighted by molar-refractivity contribution is 1.05. The zero-order valence-electron chi connectivity index (χ0n) is 20.3. The summed E-state index contributed by atoms with van der Waals surface area (Å²) in [5.74, 6) is 0. The number of allylic oxidation sites excluding steroid dienone is 8. The van der Waals surface area contributed by atoms with Gasteiger partial charge in [0.2, 0.25) is 0 Å². The van der Waals surface area contributed by atoms with E-state index in [0.29, 0.717) is 0 Å². The molecule has 0 atom stereocenters. The molecular weight excluding hydrogens is 416 g/mol. The molecule has 0 spiro atoms. The smallest absolute Gasteiger partial charge is 0.269 e. The Bertz CT molecular complexity index is 1140. The second kappa shape index (κ2) is 11.5. The van der Waals surface area contributed by atoms with Gasteiger partial charge in [-0.25, -0.2) is 10.1 Å². The van der Waals surface area contributed by atoms with Gasteiger partial charge in [0.05, 0.1) is 12.6 Å². The molecule has 170 valence electrons. The highest BCUT2D eigenvalue weighted by atomic mass is 15.1. The molecule has 0 N–H and O–H groups in total. The molecular formula is C30H30N4. The Morgan fingerprint density at radius 2 is 1.21 bits per heavy atom. The van der Waals surface area contributed by atoms with Gasteiger partial charge in [-0.15, -0.1) is 0 Å². The summed E-state index contributed by atoms with van der Waals surface area (Å²) in [5, 5.41) is 9.55. The van der Waals surface area contributed by atoms with E-state index in [1.807, 2.05) is 64.6 Å². The summed E-state index contributed by atoms with van der Waals surface area (Å²) in [6.45, 7) is 7.48. The first-order valence-electron chi connectivity index (χ1n) is 11.2. The Balaban J connectivity index is 1.81. The lowest BCUT2D eigenvalue weighted by atomic mass is 10.0. The molecule has 2 aromatic rings. The first kappa shape index (κ1) is 24.4. The molecule has 0 amide bonds. The number of nitriles is 1. The van der Waals surface area contributed by atoms with Crippen LogP contribution in [0.15, 0.2) is 95.3 Å². The number of rotatable bonds is 6. The lowest BCUT2D eigenvalue weighted by Gasteiger charge is -2.11. The third kappa shape index (κ3) is 6.15. The van der Waals surface area contributed by atoms with Crippen LogP contribution in [0.3, 0.4) is 0 Å². The molecule has 1 saturated carbocycles. The van der Waals surface area contributed by atoms with Crippen molar-refractivity contribution in [3.05, 3.63) is 118 Å². The second-order valence-corrected chi connectivity index (χ2v) is 8.52. The van der Waals surface area contributed by atoms with Crippen molar-refractivity contribution in [2.75, 3.05) is 38.0 Å². The van der Waals surface area contributed by atoms with E-state index < -0.39 is 0 Å². The largest absolute Gasteiger partial charge is 0.378 e. The van der Waals surface area contributed by atoms with Crippen molar-refractivity contribution in [1.29, 1.82) is 5.26 Å². The quantitative estimate of drug-likeness (QED) is 0.358. The Hall–Kier alpha value is -4.28. The highest BCUT2D eigenvalue weighted by Gasteiger charge is 2.22. The van der Waals surface area contributed by atoms with Crippen LogP contribution >= 0.6 is 0 Å². The standard InChI is InChI=1S/C30H30N4/c1-32-29(22-31)30-25(10-6-8-23-12-18-27(19-13-23)33(2)3)16-17-26(30)11-7-9-24-14-20-28(21-15-24)34(4)5/h6-15,18-21H,16-17H2,2-5H3. The number of hydrogen-bond acceptors (Lipinski definition) is 3. The SMILES string of the molecule is [C-]#[N+]C(C#N)=C1C(=CC=Cc2ccc(N(C)C)cc2)CCC1=CC=Cc1ccc(N(C)C)cc1. The van der Waals surface area contributed by atoms with E-state index in [1.54, 1.807) is 0 Å². The van der Waals surface area contributed by atoms with Crippen LogP contribution in [0.25, 0.3) is 17.0 Å². The molecule has 0 aliphatic heterocycles. The minimum Gasteiger partial charge on any atom is -0.378 e. The van der Waals surface area contributed by atoms with E-state index >= 15 is 0 Å². The third-order valence-electron chi connectivity index (χ3n) is 5.75. The average molecular weight is 447 g/mol. The van der Waals surface area contributed by atoms with Crippen molar-refractivity contribution < 1.29 is 0 Å². The highest BCUT2D eigenvalue weighted by molar-refractivity contribution is 5.64. The van der Waals surface area contributed by atoms with Crippen LogP contribution < -0.4 is 9.80 Å². The molecule has 1 fully saturated rings. The predicted molar refractivity (Wildman–Crippen MR) is 144 cm³/mol. The first-order chi connectivity index (χ1) is 16.4. The monoisotopic (exact) mass is 446 g/mol. The van der Waals surface area contributed by atoms with E-state index in [2.05, 4.69) is 69.2 Å². The van der Waals surface area contributed by atoms with Crippen LogP contribution in [0.4, 0.5) is 11.4 Å². The van der Waals surface area contributed by atoms with Gasteiger partial charge in [-0.05, 0) is 65.0 Å². The topological polar surface area (TPSA) is 34.6 Å². The van der Waals surface area contributed by atoms with Crippen molar-refractivity contribution >= 4 is 23.5 Å². The molecule has 0 bridgehead atoms. The molecule has 0 unspecified atom stereocenters. The van der Waals surface area contributed by atoms with Gasteiger partial charge in [-0.3, -0.25) is 0 Å². The molecule has 2 aromatic carbocycles. The van der Waals surface area contributed by atoms with Gasteiger partial charge in [0.15, 0.2) is 0 Å². The molecule has 0 aromatic heterocycles. The fourth-order valence-electron chi connectivity index (χ4n) is 3.82. The van der Waals surface area contributed by atoms with Crippen molar-refractivity contribution in [3.63, 3.8) is 0 Å². The fourth-order valence-corrected chi connectivity index (χ4v) is 3.82. The Kier molecular flexibility index (Phi) is 8.27. The van der Waals surface area contributed by atoms with Crippen LogP contribution in [0, 0.1) is 17.9 Å². The van der Waals surface area contributed by atoms with Gasteiger partial charge in [-0.2, -0.15) is 0 Å². The summed E-state index contributed by atoms with van der Waals surface area (Å²) >= 11 is 0. The van der Waals surface area contributed by atoms with Crippen molar-refractivity contribution in [1.82, 2.24) is 0 Å². The van der Waals surface area contributed by atoms with Crippen LogP contribution in [-0.2, 0) is 0 Å².